The van der Waals surface area contributed by atoms with Crippen LogP contribution in [-0.2, 0) is 10.0 Å². The van der Waals surface area contributed by atoms with Crippen LogP contribution in [0.2, 0.25) is 0 Å². The average Bonchev–Trinajstić information content (AvgIpc) is 2.75. The van der Waals surface area contributed by atoms with Crippen LogP contribution in [0.1, 0.15) is 18.5 Å². The molecule has 0 saturated carbocycles. The topological polar surface area (TPSA) is 84.0 Å². The fourth-order valence-corrected chi connectivity index (χ4v) is 4.28. The number of aromatic nitrogens is 2. The summed E-state index contributed by atoms with van der Waals surface area (Å²) < 4.78 is 29.3. The van der Waals surface area contributed by atoms with Gasteiger partial charge in [0.2, 0.25) is 0 Å². The molecule has 3 aromatic carbocycles. The fourth-order valence-electron chi connectivity index (χ4n) is 3.00. The van der Waals surface area contributed by atoms with Crippen molar-refractivity contribution in [2.75, 3.05) is 10.0 Å². The standard InChI is InChI=1S/C22H19BrN4O2S/c1-15(16-7-3-2-4-8-16)24-21-22(26-20-10-6-5-9-19(20)25-21)27-30(28,29)18-13-11-17(23)12-14-18/h2-15H,1H3,(H,24,25)(H,26,27). The maximum atomic E-state index is 12.9. The van der Waals surface area contributed by atoms with E-state index in [4.69, 9.17) is 0 Å². The molecule has 0 bridgehead atoms. The van der Waals surface area contributed by atoms with Crippen LogP contribution in [0, 0.1) is 0 Å². The molecule has 2 N–H and O–H groups in total. The second kappa shape index (κ2) is 8.41. The van der Waals surface area contributed by atoms with Crippen molar-refractivity contribution in [3.63, 3.8) is 0 Å². The van der Waals surface area contributed by atoms with Crippen molar-refractivity contribution in [2.45, 2.75) is 17.9 Å². The zero-order valence-corrected chi connectivity index (χ0v) is 18.5. The van der Waals surface area contributed by atoms with Gasteiger partial charge in [0.25, 0.3) is 10.0 Å². The molecule has 1 aromatic heterocycles. The number of nitrogens with one attached hydrogen (secondary N) is 2. The van der Waals surface area contributed by atoms with Gasteiger partial charge >= 0.3 is 0 Å². The van der Waals surface area contributed by atoms with Crippen molar-refractivity contribution in [1.82, 2.24) is 9.97 Å². The Morgan fingerprint density at radius 2 is 1.37 bits per heavy atom. The Kier molecular flexibility index (Phi) is 5.69. The molecule has 4 aromatic rings. The van der Waals surface area contributed by atoms with Crippen molar-refractivity contribution in [3.8, 4) is 0 Å². The van der Waals surface area contributed by atoms with Gasteiger partial charge in [-0.3, -0.25) is 4.72 Å². The summed E-state index contributed by atoms with van der Waals surface area (Å²) in [5, 5.41) is 3.29. The van der Waals surface area contributed by atoms with E-state index < -0.39 is 10.0 Å². The SMILES string of the molecule is CC(Nc1nc2ccccc2nc1NS(=O)(=O)c1ccc(Br)cc1)c1ccccc1. The molecule has 1 heterocycles. The molecule has 0 aliphatic rings. The van der Waals surface area contributed by atoms with Gasteiger partial charge in [0.15, 0.2) is 11.6 Å². The summed E-state index contributed by atoms with van der Waals surface area (Å²) in [5.41, 5.74) is 2.32. The van der Waals surface area contributed by atoms with Crippen molar-refractivity contribution < 1.29 is 8.42 Å². The molecule has 0 amide bonds. The molecule has 0 radical (unpaired) electrons. The van der Waals surface area contributed by atoms with Crippen molar-refractivity contribution in [1.29, 1.82) is 0 Å². The van der Waals surface area contributed by atoms with Gasteiger partial charge in [0.1, 0.15) is 0 Å². The number of anilines is 2. The molecule has 152 valence electrons. The summed E-state index contributed by atoms with van der Waals surface area (Å²) in [5.74, 6) is 0.519. The minimum absolute atomic E-state index is 0.0994. The number of sulfonamides is 1. The molecule has 0 spiro atoms. The highest BCUT2D eigenvalue weighted by Crippen LogP contribution is 2.28. The molecule has 1 unspecified atom stereocenters. The van der Waals surface area contributed by atoms with E-state index >= 15 is 0 Å². The number of fused-ring (bicyclic) bond motifs is 1. The van der Waals surface area contributed by atoms with Crippen LogP contribution in [-0.4, -0.2) is 18.4 Å². The number of hydrogen-bond donors (Lipinski definition) is 2. The van der Waals surface area contributed by atoms with Crippen LogP contribution < -0.4 is 10.0 Å². The lowest BCUT2D eigenvalue weighted by Crippen LogP contribution is -2.17. The minimum atomic E-state index is -3.83. The largest absolute Gasteiger partial charge is 0.360 e. The normalized spacial score (nSPS) is 12.5. The molecule has 8 heteroatoms. The number of para-hydroxylation sites is 2. The molecule has 0 aliphatic heterocycles. The lowest BCUT2D eigenvalue weighted by molar-refractivity contribution is 0.601. The van der Waals surface area contributed by atoms with Crippen molar-refractivity contribution in [2.24, 2.45) is 0 Å². The fraction of sp³-hybridized carbons (Fsp3) is 0.0909. The Labute approximate surface area is 183 Å². The van der Waals surface area contributed by atoms with Gasteiger partial charge in [-0.2, -0.15) is 0 Å². The summed E-state index contributed by atoms with van der Waals surface area (Å²) in [6.07, 6.45) is 0. The molecular formula is C22H19BrN4O2S. The van der Waals surface area contributed by atoms with Crippen LogP contribution in [0.25, 0.3) is 11.0 Å². The van der Waals surface area contributed by atoms with E-state index in [-0.39, 0.29) is 16.8 Å². The molecule has 6 nitrogen and oxygen atoms in total. The van der Waals surface area contributed by atoms with Gasteiger partial charge in [-0.25, -0.2) is 18.4 Å². The van der Waals surface area contributed by atoms with Crippen LogP contribution in [0.3, 0.4) is 0 Å². The van der Waals surface area contributed by atoms with Gasteiger partial charge in [0, 0.05) is 4.47 Å². The second-order valence-electron chi connectivity index (χ2n) is 6.75. The van der Waals surface area contributed by atoms with E-state index in [1.165, 1.54) is 12.1 Å². The number of nitrogens with zero attached hydrogens (tertiary/aromatic N) is 2. The zero-order chi connectivity index (χ0) is 21.1. The van der Waals surface area contributed by atoms with E-state index in [1.54, 1.807) is 18.2 Å². The Bertz CT molecular complexity index is 1280. The zero-order valence-electron chi connectivity index (χ0n) is 16.1. The third-order valence-electron chi connectivity index (χ3n) is 4.58. The van der Waals surface area contributed by atoms with Crippen molar-refractivity contribution >= 4 is 48.6 Å². The molecule has 0 fully saturated rings. The van der Waals surface area contributed by atoms with E-state index in [0.717, 1.165) is 10.0 Å². The molecular weight excluding hydrogens is 464 g/mol. The number of rotatable bonds is 6. The van der Waals surface area contributed by atoms with Gasteiger partial charge in [0.05, 0.1) is 22.0 Å². The van der Waals surface area contributed by atoms with E-state index in [0.29, 0.717) is 16.9 Å². The van der Waals surface area contributed by atoms with E-state index in [2.05, 4.69) is 35.9 Å². The van der Waals surface area contributed by atoms with E-state index in [9.17, 15) is 8.42 Å². The Morgan fingerprint density at radius 1 is 0.800 bits per heavy atom. The first-order valence-corrected chi connectivity index (χ1v) is 11.6. The highest BCUT2D eigenvalue weighted by Gasteiger charge is 2.20. The number of halogens is 1. The Hall–Kier alpha value is -2.97. The maximum absolute atomic E-state index is 12.9. The third-order valence-corrected chi connectivity index (χ3v) is 6.46. The molecule has 0 saturated heterocycles. The summed E-state index contributed by atoms with van der Waals surface area (Å²) in [6.45, 7) is 1.99. The highest BCUT2D eigenvalue weighted by atomic mass is 79.9. The predicted molar refractivity (Wildman–Crippen MR) is 123 cm³/mol. The summed E-state index contributed by atoms with van der Waals surface area (Å²) in [6, 6.07) is 23.5. The van der Waals surface area contributed by atoms with Crippen LogP contribution in [0.5, 0.6) is 0 Å². The van der Waals surface area contributed by atoms with Crippen molar-refractivity contribution in [3.05, 3.63) is 88.9 Å². The number of benzene rings is 3. The summed E-state index contributed by atoms with van der Waals surface area (Å²) in [4.78, 5) is 9.29. The maximum Gasteiger partial charge on any atom is 0.263 e. The molecule has 30 heavy (non-hydrogen) atoms. The Balaban J connectivity index is 1.73. The van der Waals surface area contributed by atoms with E-state index in [1.807, 2.05) is 55.5 Å². The van der Waals surface area contributed by atoms with Gasteiger partial charge in [-0.15, -0.1) is 0 Å². The second-order valence-corrected chi connectivity index (χ2v) is 9.34. The first-order chi connectivity index (χ1) is 14.4. The monoisotopic (exact) mass is 482 g/mol. The third kappa shape index (κ3) is 4.44. The predicted octanol–water partition coefficient (Wildman–Crippen LogP) is 5.37. The van der Waals surface area contributed by atoms with Gasteiger partial charge in [-0.1, -0.05) is 58.4 Å². The van der Waals surface area contributed by atoms with Crippen LogP contribution in [0.4, 0.5) is 11.6 Å². The molecule has 1 atom stereocenters. The minimum Gasteiger partial charge on any atom is -0.360 e. The van der Waals surface area contributed by atoms with Gasteiger partial charge in [-0.05, 0) is 48.9 Å². The van der Waals surface area contributed by atoms with Crippen LogP contribution >= 0.6 is 15.9 Å². The highest BCUT2D eigenvalue weighted by molar-refractivity contribution is 9.10. The van der Waals surface area contributed by atoms with Gasteiger partial charge < -0.3 is 5.32 Å². The average molecular weight is 483 g/mol. The first kappa shape index (κ1) is 20.3. The van der Waals surface area contributed by atoms with Crippen LogP contribution in [0.15, 0.2) is 88.2 Å². The molecule has 0 aliphatic carbocycles. The lowest BCUT2D eigenvalue weighted by atomic mass is 10.1. The number of hydrogen-bond acceptors (Lipinski definition) is 5. The summed E-state index contributed by atoms with van der Waals surface area (Å²) in [7, 11) is -3.83. The molecule has 4 rings (SSSR count). The first-order valence-electron chi connectivity index (χ1n) is 9.29. The summed E-state index contributed by atoms with van der Waals surface area (Å²) >= 11 is 3.32. The Morgan fingerprint density at radius 3 is 2.00 bits per heavy atom. The smallest absolute Gasteiger partial charge is 0.263 e. The quantitative estimate of drug-likeness (QED) is 0.386. The lowest BCUT2D eigenvalue weighted by Gasteiger charge is -2.18.